The molecule has 0 saturated heterocycles. The number of carbonyl (C=O) groups excluding carboxylic acids is 2. The van der Waals surface area contributed by atoms with Gasteiger partial charge in [0.25, 0.3) is 0 Å². The molecule has 3 aromatic rings. The van der Waals surface area contributed by atoms with Gasteiger partial charge >= 0.3 is 0 Å². The molecule has 0 saturated carbocycles. The highest BCUT2D eigenvalue weighted by atomic mass is 35.5. The van der Waals surface area contributed by atoms with Crippen molar-refractivity contribution >= 4 is 62.3 Å². The van der Waals surface area contributed by atoms with Crippen LogP contribution in [0.1, 0.15) is 50.3 Å². The molecule has 3 aromatic carbocycles. The number of nitrogens with zero attached hydrogens (tertiary/aromatic N) is 2. The first-order valence-electron chi connectivity index (χ1n) is 13.9. The summed E-state index contributed by atoms with van der Waals surface area (Å²) in [6, 6.07) is 18.8. The highest BCUT2D eigenvalue weighted by Crippen LogP contribution is 2.29. The Morgan fingerprint density at radius 2 is 1.56 bits per heavy atom. The minimum absolute atomic E-state index is 0.00103. The summed E-state index contributed by atoms with van der Waals surface area (Å²) in [5.41, 5.74) is 2.15. The van der Waals surface area contributed by atoms with Gasteiger partial charge in [0.05, 0.1) is 22.0 Å². The van der Waals surface area contributed by atoms with Crippen molar-refractivity contribution in [3.63, 3.8) is 0 Å². The first kappa shape index (κ1) is 34.7. The van der Waals surface area contributed by atoms with Crippen molar-refractivity contribution in [1.82, 2.24) is 10.2 Å². The number of hydrogen-bond donors (Lipinski definition) is 1. The van der Waals surface area contributed by atoms with Crippen LogP contribution in [0, 0.1) is 6.92 Å². The molecule has 0 heterocycles. The second kappa shape index (κ2) is 14.8. The van der Waals surface area contributed by atoms with Crippen LogP contribution in [0.4, 0.5) is 5.69 Å². The number of halogens is 3. The van der Waals surface area contributed by atoms with Gasteiger partial charge in [-0.2, -0.15) is 0 Å². The van der Waals surface area contributed by atoms with E-state index in [1.165, 1.54) is 4.31 Å². The van der Waals surface area contributed by atoms with Crippen LogP contribution in [0.5, 0.6) is 0 Å². The number of hydrogen-bond acceptors (Lipinski definition) is 4. The number of benzene rings is 3. The number of nitrogens with one attached hydrogen (secondary N) is 1. The topological polar surface area (TPSA) is 86.8 Å². The molecule has 3 rings (SSSR count). The lowest BCUT2D eigenvalue weighted by Crippen LogP contribution is -2.54. The minimum Gasteiger partial charge on any atom is -0.350 e. The van der Waals surface area contributed by atoms with Crippen molar-refractivity contribution in [2.24, 2.45) is 0 Å². The lowest BCUT2D eigenvalue weighted by molar-refractivity contribution is -0.142. The molecule has 0 fully saturated rings. The van der Waals surface area contributed by atoms with E-state index in [0.717, 1.165) is 11.8 Å². The summed E-state index contributed by atoms with van der Waals surface area (Å²) in [4.78, 5) is 29.3. The molecule has 0 aliphatic heterocycles. The molecule has 232 valence electrons. The van der Waals surface area contributed by atoms with E-state index in [4.69, 9.17) is 34.8 Å². The predicted octanol–water partition coefficient (Wildman–Crippen LogP) is 7.06. The first-order chi connectivity index (χ1) is 20.1. The fraction of sp³-hybridized carbons (Fsp3) is 0.375. The zero-order valence-electron chi connectivity index (χ0n) is 25.0. The summed E-state index contributed by atoms with van der Waals surface area (Å²) in [7, 11) is -3.67. The average molecular weight is 667 g/mol. The molecule has 0 spiro atoms. The standard InChI is InChI=1S/C32H38Cl3N3O4S/c1-22-25(33)13-9-14-28(22)38(43(5,41)42)18-10-15-30(39)37(21-24-16-17-26(34)27(35)19-24)29(31(40)36-32(2,3)4)20-23-11-7-6-8-12-23/h6-9,11-14,16-17,19,29H,10,15,18,20-21H2,1-5H3,(H,36,40)/t29-/m1/s1. The van der Waals surface area contributed by atoms with E-state index in [9.17, 15) is 18.0 Å². The maximum atomic E-state index is 14.0. The van der Waals surface area contributed by atoms with E-state index in [1.807, 2.05) is 51.1 Å². The van der Waals surface area contributed by atoms with Crippen molar-refractivity contribution in [2.75, 3.05) is 17.1 Å². The summed E-state index contributed by atoms with van der Waals surface area (Å²) >= 11 is 18.7. The van der Waals surface area contributed by atoms with Crippen molar-refractivity contribution in [1.29, 1.82) is 0 Å². The van der Waals surface area contributed by atoms with Gasteiger partial charge in [0.15, 0.2) is 0 Å². The third-order valence-electron chi connectivity index (χ3n) is 6.77. The Hall–Kier alpha value is -2.78. The minimum atomic E-state index is -3.67. The lowest BCUT2D eigenvalue weighted by atomic mass is 10.00. The Morgan fingerprint density at radius 3 is 2.16 bits per heavy atom. The molecule has 0 aliphatic carbocycles. The smallest absolute Gasteiger partial charge is 0.243 e. The molecular weight excluding hydrogens is 629 g/mol. The van der Waals surface area contributed by atoms with Crippen LogP contribution in [0.15, 0.2) is 66.7 Å². The zero-order valence-corrected chi connectivity index (χ0v) is 28.1. The van der Waals surface area contributed by atoms with E-state index in [-0.39, 0.29) is 44.2 Å². The second-order valence-corrected chi connectivity index (χ2v) is 14.7. The van der Waals surface area contributed by atoms with Crippen LogP contribution in [0.3, 0.4) is 0 Å². The molecule has 43 heavy (non-hydrogen) atoms. The largest absolute Gasteiger partial charge is 0.350 e. The van der Waals surface area contributed by atoms with Gasteiger partial charge in [0, 0.05) is 36.5 Å². The summed E-state index contributed by atoms with van der Waals surface area (Å²) in [5.74, 6) is -0.593. The quantitative estimate of drug-likeness (QED) is 0.224. The van der Waals surface area contributed by atoms with Crippen molar-refractivity contribution in [3.8, 4) is 0 Å². The molecule has 0 aliphatic rings. The van der Waals surface area contributed by atoms with E-state index < -0.39 is 21.6 Å². The molecule has 7 nitrogen and oxygen atoms in total. The summed E-state index contributed by atoms with van der Waals surface area (Å²) in [6.07, 6.45) is 1.63. The molecule has 1 atom stereocenters. The van der Waals surface area contributed by atoms with Gasteiger partial charge in [-0.25, -0.2) is 8.42 Å². The molecular formula is C32H38Cl3N3O4S. The van der Waals surface area contributed by atoms with Crippen molar-refractivity contribution < 1.29 is 18.0 Å². The zero-order chi connectivity index (χ0) is 31.9. The molecule has 0 bridgehead atoms. The number of anilines is 1. The van der Waals surface area contributed by atoms with Crippen molar-refractivity contribution in [3.05, 3.63) is 98.5 Å². The summed E-state index contributed by atoms with van der Waals surface area (Å²) in [5, 5.41) is 4.20. The van der Waals surface area contributed by atoms with Crippen molar-refractivity contribution in [2.45, 2.75) is 65.1 Å². The van der Waals surface area contributed by atoms with Gasteiger partial charge in [0.1, 0.15) is 6.04 Å². The van der Waals surface area contributed by atoms with Crippen LogP contribution < -0.4 is 9.62 Å². The van der Waals surface area contributed by atoms with Crippen LogP contribution >= 0.6 is 34.8 Å². The lowest BCUT2D eigenvalue weighted by Gasteiger charge is -2.34. The van der Waals surface area contributed by atoms with E-state index in [1.54, 1.807) is 48.2 Å². The van der Waals surface area contributed by atoms with E-state index in [2.05, 4.69) is 5.32 Å². The summed E-state index contributed by atoms with van der Waals surface area (Å²) in [6.45, 7) is 7.56. The Labute approximate surface area is 270 Å². The number of carbonyl (C=O) groups is 2. The molecule has 0 unspecified atom stereocenters. The molecule has 11 heteroatoms. The fourth-order valence-electron chi connectivity index (χ4n) is 4.69. The molecule has 2 amide bonds. The Balaban J connectivity index is 1.94. The third-order valence-corrected chi connectivity index (χ3v) is 9.09. The Bertz CT molecular complexity index is 1540. The van der Waals surface area contributed by atoms with Gasteiger partial charge in [-0.3, -0.25) is 13.9 Å². The van der Waals surface area contributed by atoms with Gasteiger partial charge in [-0.1, -0.05) is 77.3 Å². The maximum Gasteiger partial charge on any atom is 0.243 e. The average Bonchev–Trinajstić information content (AvgIpc) is 2.91. The Morgan fingerprint density at radius 1 is 0.884 bits per heavy atom. The predicted molar refractivity (Wildman–Crippen MR) is 176 cm³/mol. The van der Waals surface area contributed by atoms with Gasteiger partial charge < -0.3 is 10.2 Å². The first-order valence-corrected chi connectivity index (χ1v) is 16.9. The number of rotatable bonds is 12. The molecule has 0 aromatic heterocycles. The highest BCUT2D eigenvalue weighted by Gasteiger charge is 2.32. The normalized spacial score (nSPS) is 12.5. The molecule has 0 radical (unpaired) electrons. The van der Waals surface area contributed by atoms with Crippen LogP contribution in [-0.2, 0) is 32.6 Å². The fourth-order valence-corrected chi connectivity index (χ4v) is 6.20. The number of sulfonamides is 1. The number of amides is 2. The van der Waals surface area contributed by atoms with Crippen LogP contribution in [0.25, 0.3) is 0 Å². The monoisotopic (exact) mass is 665 g/mol. The van der Waals surface area contributed by atoms with Gasteiger partial charge in [0.2, 0.25) is 21.8 Å². The van der Waals surface area contributed by atoms with Crippen LogP contribution in [-0.4, -0.2) is 49.5 Å². The highest BCUT2D eigenvalue weighted by molar-refractivity contribution is 7.92. The summed E-state index contributed by atoms with van der Waals surface area (Å²) < 4.78 is 26.8. The van der Waals surface area contributed by atoms with Gasteiger partial charge in [-0.05, 0) is 75.1 Å². The molecule has 1 N–H and O–H groups in total. The Kier molecular flexibility index (Phi) is 11.9. The van der Waals surface area contributed by atoms with Gasteiger partial charge in [-0.15, -0.1) is 0 Å². The van der Waals surface area contributed by atoms with Crippen LogP contribution in [0.2, 0.25) is 15.1 Å². The van der Waals surface area contributed by atoms with E-state index >= 15 is 0 Å². The third kappa shape index (κ3) is 10.1. The van der Waals surface area contributed by atoms with E-state index in [0.29, 0.717) is 31.9 Å². The second-order valence-electron chi connectivity index (χ2n) is 11.5. The maximum absolute atomic E-state index is 14.0. The SMILES string of the molecule is Cc1c(Cl)cccc1N(CCCC(=O)N(Cc1ccc(Cl)c(Cl)c1)[C@H](Cc1ccccc1)C(=O)NC(C)(C)C)S(C)(=O)=O.